The van der Waals surface area contributed by atoms with E-state index in [1.807, 2.05) is 50.2 Å². The molecule has 8 unspecified atom stereocenters. The number of carbonyl (C=O) groups excluding carboxylic acids is 6. The van der Waals surface area contributed by atoms with Crippen molar-refractivity contribution < 1.29 is 28.8 Å². The summed E-state index contributed by atoms with van der Waals surface area (Å²) < 4.78 is 0. The molecule has 0 N–H and O–H groups in total. The average molecular weight is 805 g/mol. The highest BCUT2D eigenvalue weighted by molar-refractivity contribution is 6.33. The molecule has 6 amide bonds. The summed E-state index contributed by atoms with van der Waals surface area (Å²) in [4.78, 5) is 90.0. The van der Waals surface area contributed by atoms with E-state index in [2.05, 4.69) is 49.9 Å². The molecule has 10 nitrogen and oxygen atoms in total. The lowest BCUT2D eigenvalue weighted by Crippen LogP contribution is -2.77. The van der Waals surface area contributed by atoms with Gasteiger partial charge in [-0.05, 0) is 102 Å². The molecule has 0 bridgehead atoms. The molecule has 6 aliphatic rings. The summed E-state index contributed by atoms with van der Waals surface area (Å²) >= 11 is 0. The van der Waals surface area contributed by atoms with Gasteiger partial charge in [-0.3, -0.25) is 33.7 Å². The summed E-state index contributed by atoms with van der Waals surface area (Å²) in [5.41, 5.74) is -2.87. The van der Waals surface area contributed by atoms with E-state index in [0.29, 0.717) is 30.9 Å². The zero-order valence-electron chi connectivity index (χ0n) is 33.3. The quantitative estimate of drug-likeness (QED) is 0.238. The molecule has 316 valence electrons. The molecule has 3 aromatic carbocycles. The lowest BCUT2D eigenvalue weighted by molar-refractivity contribution is -0.249. The molecule has 4 saturated heterocycles. The van der Waals surface area contributed by atoms with E-state index in [1.165, 1.54) is 17.5 Å². The molecule has 8 atom stereocenters. The summed E-state index contributed by atoms with van der Waals surface area (Å²) in [6.45, 7) is 18.4. The van der Waals surface area contributed by atoms with Gasteiger partial charge < -0.3 is 4.90 Å². The number of benzene rings is 3. The lowest BCUT2D eigenvalue weighted by atomic mass is 9.27. The van der Waals surface area contributed by atoms with E-state index in [-0.39, 0.29) is 41.5 Å². The zero-order valence-corrected chi connectivity index (χ0v) is 33.3. The van der Waals surface area contributed by atoms with E-state index in [0.717, 1.165) is 26.6 Å². The normalized spacial score (nSPS) is 37.3. The Bertz CT molecular complexity index is 2250. The molecule has 10 heteroatoms. The van der Waals surface area contributed by atoms with Crippen LogP contribution in [0.5, 0.6) is 0 Å². The first kappa shape index (κ1) is 45.0. The van der Waals surface area contributed by atoms with Crippen molar-refractivity contribution in [2.45, 2.75) is 98.4 Å². The predicted octanol–water partition coefficient (Wildman–Crippen LogP) is 8.47. The molecule has 9 rings (SSSR count). The van der Waals surface area contributed by atoms with Crippen molar-refractivity contribution in [2.75, 3.05) is 34.8 Å². The van der Waals surface area contributed by atoms with Crippen LogP contribution in [0.4, 0.5) is 17.1 Å². The molecule has 3 aromatic rings. The van der Waals surface area contributed by atoms with Gasteiger partial charge in [0.1, 0.15) is 0 Å². The van der Waals surface area contributed by atoms with E-state index in [4.69, 9.17) is 0 Å². The van der Waals surface area contributed by atoms with Gasteiger partial charge in [0.2, 0.25) is 35.4 Å². The maximum atomic E-state index is 14.5. The van der Waals surface area contributed by atoms with Crippen LogP contribution in [0.25, 0.3) is 0 Å². The topological polar surface area (TPSA) is 115 Å². The first-order valence-electron chi connectivity index (χ1n) is 19.2. The van der Waals surface area contributed by atoms with Crippen molar-refractivity contribution in [3.8, 4) is 0 Å². The van der Waals surface area contributed by atoms with Crippen LogP contribution in [0, 0.1) is 50.2 Å². The highest BCUT2D eigenvalue weighted by Crippen LogP contribution is 2.85. The minimum Gasteiger partial charge on any atom is -0.370 e. The number of likely N-dealkylation sites (tertiary alicyclic amines) is 1. The third-order valence-electron chi connectivity index (χ3n) is 17.6. The van der Waals surface area contributed by atoms with Crippen molar-refractivity contribution in [2.24, 2.45) is 43.3 Å². The van der Waals surface area contributed by atoms with Gasteiger partial charge in [-0.25, -0.2) is 9.80 Å². The van der Waals surface area contributed by atoms with Crippen LogP contribution >= 0.6 is 0 Å². The average Bonchev–Trinajstić information content (AvgIpc) is 3.63. The molecule has 0 spiro atoms. The summed E-state index contributed by atoms with van der Waals surface area (Å²) in [5.74, 6) is -2.12. The Kier molecular flexibility index (Phi) is 9.68. The maximum absolute atomic E-state index is 14.5. The summed E-state index contributed by atoms with van der Waals surface area (Å²) in [6.07, 6.45) is 0.533. The van der Waals surface area contributed by atoms with Gasteiger partial charge in [-0.15, -0.1) is 0 Å². The van der Waals surface area contributed by atoms with Gasteiger partial charge in [0.05, 0.1) is 43.9 Å². The Morgan fingerprint density at radius 3 is 1.05 bits per heavy atom. The van der Waals surface area contributed by atoms with E-state index in [1.54, 1.807) is 39.8 Å². The zero-order chi connectivity index (χ0) is 39.8. The van der Waals surface area contributed by atoms with Crippen LogP contribution in [0.15, 0.2) is 72.8 Å². The van der Waals surface area contributed by atoms with Gasteiger partial charge in [0.25, 0.3) is 0 Å². The lowest BCUT2D eigenvalue weighted by Gasteiger charge is -2.70. The molecule has 2 aliphatic carbocycles. The SMILES string of the molecule is C.C.C.C.Cc1ccc(N2CC3(C)C(C)(C2)C2(C)C(=O)N(c4ccc(Cc5ccc(N6C(=O)C7(C)C8(C)C(=O)N(C)C(=O)C8(C)C7(C)C6=O)cc5)cc4)C(=O)C32C)cc1. The fourth-order valence-corrected chi connectivity index (χ4v) is 13.2. The van der Waals surface area contributed by atoms with E-state index < -0.39 is 66.9 Å². The standard InChI is InChI=1S/C45H48N4O6.4CH4/c1-26-11-17-29(18-12-26)47-24-38(2)39(3,25-47)41(5)35(53)48(34(52)40(38,41)4)30-19-13-27(14-20-30)23-28-15-21-31(22-16-28)49-36(54)44(8)42(6)32(50)46(10)33(51)43(42,7)45(44,9)37(49)55;;;;/h11-22H,23-25H2,1-10H3;4*1H4. The van der Waals surface area contributed by atoms with Crippen molar-refractivity contribution in [1.82, 2.24) is 4.90 Å². The number of rotatable bonds is 5. The van der Waals surface area contributed by atoms with Gasteiger partial charge in [-0.2, -0.15) is 0 Å². The molecule has 2 saturated carbocycles. The number of imide groups is 3. The molecule has 4 aliphatic heterocycles. The minimum atomic E-state index is -1.38. The number of anilines is 3. The fourth-order valence-electron chi connectivity index (χ4n) is 13.2. The summed E-state index contributed by atoms with van der Waals surface area (Å²) in [6, 6.07) is 23.1. The Balaban J connectivity index is 0.00000165. The van der Waals surface area contributed by atoms with E-state index in [9.17, 15) is 28.8 Å². The van der Waals surface area contributed by atoms with Crippen molar-refractivity contribution in [3.63, 3.8) is 0 Å². The molecular formula is C49H64N4O6. The van der Waals surface area contributed by atoms with Crippen molar-refractivity contribution >= 4 is 52.5 Å². The molecule has 4 heterocycles. The van der Waals surface area contributed by atoms with Crippen LogP contribution in [0.1, 0.15) is 102 Å². The van der Waals surface area contributed by atoms with Gasteiger partial charge >= 0.3 is 0 Å². The largest absolute Gasteiger partial charge is 0.370 e. The molecule has 0 radical (unpaired) electrons. The number of nitrogens with zero attached hydrogens (tertiary/aromatic N) is 4. The summed E-state index contributed by atoms with van der Waals surface area (Å²) in [7, 11) is 1.42. The number of hydrogen-bond acceptors (Lipinski definition) is 7. The Morgan fingerprint density at radius 2 is 0.712 bits per heavy atom. The molecule has 59 heavy (non-hydrogen) atoms. The number of fused-ring (bicyclic) bond motifs is 8. The van der Waals surface area contributed by atoms with Crippen LogP contribution in [0.3, 0.4) is 0 Å². The first-order valence-corrected chi connectivity index (χ1v) is 19.2. The van der Waals surface area contributed by atoms with Crippen LogP contribution in [-0.2, 0) is 35.2 Å². The van der Waals surface area contributed by atoms with Crippen molar-refractivity contribution in [3.05, 3.63) is 89.5 Å². The van der Waals surface area contributed by atoms with Crippen LogP contribution in [0.2, 0.25) is 0 Å². The third kappa shape index (κ3) is 4.09. The smallest absolute Gasteiger partial charge is 0.241 e. The molecular weight excluding hydrogens is 741 g/mol. The second-order valence-electron chi connectivity index (χ2n) is 18.7. The Labute approximate surface area is 351 Å². The van der Waals surface area contributed by atoms with Crippen molar-refractivity contribution in [1.29, 1.82) is 0 Å². The van der Waals surface area contributed by atoms with E-state index >= 15 is 0 Å². The minimum absolute atomic E-state index is 0. The molecule has 6 fully saturated rings. The maximum Gasteiger partial charge on any atom is 0.241 e. The number of hydrogen-bond donors (Lipinski definition) is 0. The summed E-state index contributed by atoms with van der Waals surface area (Å²) in [5, 5.41) is 0. The molecule has 0 aromatic heterocycles. The second kappa shape index (κ2) is 12.7. The first-order chi connectivity index (χ1) is 25.6. The van der Waals surface area contributed by atoms with Gasteiger partial charge in [-0.1, -0.05) is 85.5 Å². The number of amides is 6. The second-order valence-corrected chi connectivity index (χ2v) is 18.7. The number of aryl methyl sites for hydroxylation is 1. The fraction of sp³-hybridized carbons (Fsp3) is 0.510. The Hall–Kier alpha value is -5.12. The van der Waals surface area contributed by atoms with Gasteiger partial charge in [0, 0.05) is 36.7 Å². The highest BCUT2D eigenvalue weighted by atomic mass is 16.2. The predicted molar refractivity (Wildman–Crippen MR) is 234 cm³/mol. The Morgan fingerprint density at radius 1 is 0.424 bits per heavy atom. The van der Waals surface area contributed by atoms with Gasteiger partial charge in [0.15, 0.2) is 0 Å². The van der Waals surface area contributed by atoms with Crippen LogP contribution < -0.4 is 14.7 Å². The highest BCUT2D eigenvalue weighted by Gasteiger charge is 2.96. The monoisotopic (exact) mass is 804 g/mol. The van der Waals surface area contributed by atoms with Crippen LogP contribution in [-0.4, -0.2) is 60.5 Å². The third-order valence-corrected chi connectivity index (χ3v) is 17.6. The number of carbonyl (C=O) groups is 6.